The van der Waals surface area contributed by atoms with Crippen molar-refractivity contribution >= 4 is 11.8 Å². The fourth-order valence-corrected chi connectivity index (χ4v) is 2.38. The largest absolute Gasteiger partial charge is 0.468 e. The van der Waals surface area contributed by atoms with Crippen molar-refractivity contribution in [2.24, 2.45) is 0 Å². The summed E-state index contributed by atoms with van der Waals surface area (Å²) in [5, 5.41) is 8.95. The van der Waals surface area contributed by atoms with Crippen LogP contribution in [0, 0.1) is 18.3 Å². The van der Waals surface area contributed by atoms with Crippen molar-refractivity contribution in [3.8, 4) is 6.07 Å². The molecule has 2 aromatic rings. The summed E-state index contributed by atoms with van der Waals surface area (Å²) in [4.78, 5) is 1.25. The molecule has 6 heteroatoms. The summed E-state index contributed by atoms with van der Waals surface area (Å²) in [6, 6.07) is 6.63. The molecule has 0 aliphatic heterocycles. The molecule has 0 bridgehead atoms. The number of hydrogen-bond donors (Lipinski definition) is 0. The second kappa shape index (κ2) is 5.02. The highest BCUT2D eigenvalue weighted by molar-refractivity contribution is 7.99. The van der Waals surface area contributed by atoms with E-state index in [2.05, 4.69) is 0 Å². The Morgan fingerprint density at radius 1 is 1.21 bits per heavy atom. The summed E-state index contributed by atoms with van der Waals surface area (Å²) < 4.78 is 42.7. The molecule has 0 atom stereocenters. The third-order valence-electron chi connectivity index (χ3n) is 2.46. The molecule has 0 unspecified atom stereocenters. The van der Waals surface area contributed by atoms with Gasteiger partial charge in [-0.1, -0.05) is 11.8 Å². The number of benzene rings is 1. The maximum absolute atomic E-state index is 12.5. The van der Waals surface area contributed by atoms with Gasteiger partial charge >= 0.3 is 6.18 Å². The van der Waals surface area contributed by atoms with Crippen molar-refractivity contribution in [1.82, 2.24) is 0 Å². The standard InChI is InChI=1S/C13H8F3NOS/c1-8-11(4-5-18-8)19-12-3-2-10(13(14,15)16)6-9(12)7-17/h2-6H,1H3. The average Bonchev–Trinajstić information content (AvgIpc) is 2.74. The molecule has 1 aromatic heterocycles. The molecular formula is C13H8F3NOS. The number of nitriles is 1. The van der Waals surface area contributed by atoms with Gasteiger partial charge in [0, 0.05) is 4.90 Å². The first kappa shape index (κ1) is 13.6. The van der Waals surface area contributed by atoms with E-state index in [-0.39, 0.29) is 5.56 Å². The van der Waals surface area contributed by atoms with Gasteiger partial charge in [-0.25, -0.2) is 0 Å². The van der Waals surface area contributed by atoms with Gasteiger partial charge in [-0.2, -0.15) is 18.4 Å². The van der Waals surface area contributed by atoms with Gasteiger partial charge in [-0.15, -0.1) is 0 Å². The molecule has 19 heavy (non-hydrogen) atoms. The van der Waals surface area contributed by atoms with Crippen molar-refractivity contribution in [2.45, 2.75) is 22.9 Å². The van der Waals surface area contributed by atoms with Gasteiger partial charge in [0.1, 0.15) is 11.8 Å². The van der Waals surface area contributed by atoms with Crippen molar-refractivity contribution in [3.05, 3.63) is 47.4 Å². The van der Waals surface area contributed by atoms with E-state index in [1.165, 1.54) is 24.1 Å². The average molecular weight is 283 g/mol. The predicted octanol–water partition coefficient (Wildman–Crippen LogP) is 4.63. The van der Waals surface area contributed by atoms with E-state index in [9.17, 15) is 13.2 Å². The van der Waals surface area contributed by atoms with Crippen molar-refractivity contribution in [3.63, 3.8) is 0 Å². The lowest BCUT2D eigenvalue weighted by Crippen LogP contribution is -2.05. The van der Waals surface area contributed by atoms with Crippen LogP contribution in [-0.2, 0) is 6.18 Å². The summed E-state index contributed by atoms with van der Waals surface area (Å²) >= 11 is 1.21. The number of nitrogens with zero attached hydrogens (tertiary/aromatic N) is 1. The van der Waals surface area contributed by atoms with Crippen LogP contribution in [0.4, 0.5) is 13.2 Å². The molecule has 98 valence electrons. The number of hydrogen-bond acceptors (Lipinski definition) is 3. The minimum absolute atomic E-state index is 0.000394. The van der Waals surface area contributed by atoms with Crippen LogP contribution in [0.2, 0.25) is 0 Å². The molecule has 0 aliphatic rings. The maximum atomic E-state index is 12.5. The van der Waals surface area contributed by atoms with E-state index in [1.807, 2.05) is 0 Å². The minimum atomic E-state index is -4.44. The molecule has 0 saturated heterocycles. The molecule has 1 heterocycles. The van der Waals surface area contributed by atoms with E-state index in [0.717, 1.165) is 17.0 Å². The zero-order valence-electron chi connectivity index (χ0n) is 9.78. The second-order valence-corrected chi connectivity index (χ2v) is 4.85. The Bertz CT molecular complexity index is 640. The SMILES string of the molecule is Cc1occc1Sc1ccc(C(F)(F)F)cc1C#N. The summed E-state index contributed by atoms with van der Waals surface area (Å²) in [6.45, 7) is 1.75. The van der Waals surface area contributed by atoms with Crippen molar-refractivity contribution < 1.29 is 17.6 Å². The van der Waals surface area contributed by atoms with Crippen LogP contribution >= 0.6 is 11.8 Å². The number of furan rings is 1. The fourth-order valence-electron chi connectivity index (χ4n) is 1.48. The number of alkyl halides is 3. The monoisotopic (exact) mass is 283 g/mol. The maximum Gasteiger partial charge on any atom is 0.416 e. The Morgan fingerprint density at radius 3 is 2.47 bits per heavy atom. The molecule has 2 rings (SSSR count). The van der Waals surface area contributed by atoms with Crippen LogP contribution in [0.1, 0.15) is 16.9 Å². The van der Waals surface area contributed by atoms with Gasteiger partial charge in [0.15, 0.2) is 0 Å². The highest BCUT2D eigenvalue weighted by atomic mass is 32.2. The van der Waals surface area contributed by atoms with Gasteiger partial charge in [-0.05, 0) is 31.2 Å². The third kappa shape index (κ3) is 2.93. The molecular weight excluding hydrogens is 275 g/mol. The Balaban J connectivity index is 2.38. The second-order valence-electron chi connectivity index (χ2n) is 3.76. The Morgan fingerprint density at radius 2 is 1.95 bits per heavy atom. The topological polar surface area (TPSA) is 36.9 Å². The van der Waals surface area contributed by atoms with Gasteiger partial charge in [0.05, 0.1) is 22.3 Å². The van der Waals surface area contributed by atoms with Crippen LogP contribution in [0.3, 0.4) is 0 Å². The van der Waals surface area contributed by atoms with Crippen molar-refractivity contribution in [1.29, 1.82) is 5.26 Å². The number of aryl methyl sites for hydroxylation is 1. The van der Waals surface area contributed by atoms with Crippen LogP contribution in [0.5, 0.6) is 0 Å². The van der Waals surface area contributed by atoms with Crippen molar-refractivity contribution in [2.75, 3.05) is 0 Å². The molecule has 0 aliphatic carbocycles. The van der Waals surface area contributed by atoms with Crippen LogP contribution in [-0.4, -0.2) is 0 Å². The predicted molar refractivity (Wildman–Crippen MR) is 63.7 cm³/mol. The van der Waals surface area contributed by atoms with Gasteiger partial charge in [-0.3, -0.25) is 0 Å². The van der Waals surface area contributed by atoms with E-state index in [4.69, 9.17) is 9.68 Å². The van der Waals surface area contributed by atoms with Gasteiger partial charge in [0.25, 0.3) is 0 Å². The number of rotatable bonds is 2. The first-order valence-electron chi connectivity index (χ1n) is 5.25. The fraction of sp³-hybridized carbons (Fsp3) is 0.154. The van der Waals surface area contributed by atoms with Gasteiger partial charge in [0.2, 0.25) is 0 Å². The zero-order chi connectivity index (χ0) is 14.0. The summed E-state index contributed by atoms with van der Waals surface area (Å²) in [7, 11) is 0. The molecule has 0 N–H and O–H groups in total. The first-order valence-corrected chi connectivity index (χ1v) is 6.07. The van der Waals surface area contributed by atoms with E-state index < -0.39 is 11.7 Å². The summed E-state index contributed by atoms with van der Waals surface area (Å²) in [5.74, 6) is 0.661. The zero-order valence-corrected chi connectivity index (χ0v) is 10.6. The van der Waals surface area contributed by atoms with E-state index in [0.29, 0.717) is 10.7 Å². The van der Waals surface area contributed by atoms with Crippen LogP contribution in [0.15, 0.2) is 44.7 Å². The highest BCUT2D eigenvalue weighted by Crippen LogP contribution is 2.36. The van der Waals surface area contributed by atoms with Crippen LogP contribution in [0.25, 0.3) is 0 Å². The van der Waals surface area contributed by atoms with Gasteiger partial charge < -0.3 is 4.42 Å². The smallest absolute Gasteiger partial charge is 0.416 e. The summed E-state index contributed by atoms with van der Waals surface area (Å²) in [5.41, 5.74) is -0.822. The molecule has 0 amide bonds. The number of halogens is 3. The first-order chi connectivity index (χ1) is 8.91. The highest BCUT2D eigenvalue weighted by Gasteiger charge is 2.31. The Labute approximate surface area is 111 Å². The quantitative estimate of drug-likeness (QED) is 0.806. The van der Waals surface area contributed by atoms with E-state index in [1.54, 1.807) is 19.1 Å². The lowest BCUT2D eigenvalue weighted by atomic mass is 10.1. The normalized spacial score (nSPS) is 11.3. The third-order valence-corrected chi connectivity index (χ3v) is 3.68. The Hall–Kier alpha value is -1.87. The molecule has 0 spiro atoms. The minimum Gasteiger partial charge on any atom is -0.468 e. The molecule has 0 radical (unpaired) electrons. The molecule has 2 nitrogen and oxygen atoms in total. The molecule has 1 aromatic carbocycles. The lowest BCUT2D eigenvalue weighted by Gasteiger charge is -2.09. The summed E-state index contributed by atoms with van der Waals surface area (Å²) in [6.07, 6.45) is -2.95. The van der Waals surface area contributed by atoms with E-state index >= 15 is 0 Å². The van der Waals surface area contributed by atoms with Crippen LogP contribution < -0.4 is 0 Å². The molecule has 0 fully saturated rings. The Kier molecular flexibility index (Phi) is 3.58. The lowest BCUT2D eigenvalue weighted by molar-refractivity contribution is -0.137. The molecule has 0 saturated carbocycles.